The molecular formula is C16H24N4O3. The zero-order chi connectivity index (χ0) is 16.6. The van der Waals surface area contributed by atoms with Crippen LogP contribution >= 0.6 is 0 Å². The highest BCUT2D eigenvalue weighted by atomic mass is 16.5. The zero-order valence-electron chi connectivity index (χ0n) is 13.9. The number of anilines is 1. The van der Waals surface area contributed by atoms with Crippen molar-refractivity contribution in [1.29, 1.82) is 0 Å². The highest BCUT2D eigenvalue weighted by Crippen LogP contribution is 2.27. The molecule has 0 aromatic carbocycles. The number of hydrogen-bond acceptors (Lipinski definition) is 4. The van der Waals surface area contributed by atoms with Crippen LogP contribution in [0.3, 0.4) is 0 Å². The molecule has 3 rings (SSSR count). The molecule has 1 unspecified atom stereocenters. The van der Waals surface area contributed by atoms with E-state index in [0.29, 0.717) is 32.5 Å². The van der Waals surface area contributed by atoms with Crippen molar-refractivity contribution in [1.82, 2.24) is 14.7 Å². The lowest BCUT2D eigenvalue weighted by atomic mass is 9.94. The first kappa shape index (κ1) is 16.0. The third-order valence-electron chi connectivity index (χ3n) is 4.39. The van der Waals surface area contributed by atoms with Crippen molar-refractivity contribution in [2.75, 3.05) is 24.5 Å². The average Bonchev–Trinajstić information content (AvgIpc) is 2.88. The maximum absolute atomic E-state index is 12.6. The zero-order valence-corrected chi connectivity index (χ0v) is 13.9. The highest BCUT2D eigenvalue weighted by molar-refractivity contribution is 5.96. The van der Waals surface area contributed by atoms with Crippen LogP contribution in [0, 0.1) is 5.92 Å². The summed E-state index contributed by atoms with van der Waals surface area (Å²) in [6.07, 6.45) is 4.84. The lowest BCUT2D eigenvalue weighted by molar-refractivity contribution is -0.153. The van der Waals surface area contributed by atoms with Crippen LogP contribution in [0.25, 0.3) is 0 Å². The summed E-state index contributed by atoms with van der Waals surface area (Å²) in [7, 11) is 1.81. The molecule has 3 heterocycles. The van der Waals surface area contributed by atoms with Crippen molar-refractivity contribution < 1.29 is 14.3 Å². The normalized spacial score (nSPS) is 22.6. The maximum Gasteiger partial charge on any atom is 0.227 e. The SMILES string of the molecule is CC(C)OC1CN(C(=O)C2CCC(=O)N(c3cnn(C)c3)C2)C1. The fraction of sp³-hybridized carbons (Fsp3) is 0.688. The fourth-order valence-electron chi connectivity index (χ4n) is 3.19. The molecule has 23 heavy (non-hydrogen) atoms. The maximum atomic E-state index is 12.6. The van der Waals surface area contributed by atoms with E-state index in [1.54, 1.807) is 22.0 Å². The Morgan fingerprint density at radius 1 is 1.35 bits per heavy atom. The summed E-state index contributed by atoms with van der Waals surface area (Å²) in [5, 5.41) is 4.11. The van der Waals surface area contributed by atoms with E-state index in [0.717, 1.165) is 5.69 Å². The van der Waals surface area contributed by atoms with E-state index >= 15 is 0 Å². The van der Waals surface area contributed by atoms with E-state index < -0.39 is 0 Å². The molecule has 7 heteroatoms. The Morgan fingerprint density at radius 3 is 2.70 bits per heavy atom. The molecule has 2 fully saturated rings. The van der Waals surface area contributed by atoms with Crippen molar-refractivity contribution >= 4 is 17.5 Å². The molecule has 0 N–H and O–H groups in total. The molecular weight excluding hydrogens is 296 g/mol. The predicted molar refractivity (Wildman–Crippen MR) is 84.9 cm³/mol. The average molecular weight is 320 g/mol. The molecule has 7 nitrogen and oxygen atoms in total. The lowest BCUT2D eigenvalue weighted by Crippen LogP contribution is -2.58. The summed E-state index contributed by atoms with van der Waals surface area (Å²) < 4.78 is 7.36. The monoisotopic (exact) mass is 320 g/mol. The van der Waals surface area contributed by atoms with Crippen molar-refractivity contribution in [3.63, 3.8) is 0 Å². The van der Waals surface area contributed by atoms with Gasteiger partial charge in [0, 0.05) is 39.3 Å². The summed E-state index contributed by atoms with van der Waals surface area (Å²) >= 11 is 0. The Labute approximate surface area is 136 Å². The quantitative estimate of drug-likeness (QED) is 0.823. The number of carbonyl (C=O) groups is 2. The number of amides is 2. The molecule has 1 atom stereocenters. The minimum atomic E-state index is -0.132. The largest absolute Gasteiger partial charge is 0.372 e. The number of piperidine rings is 1. The summed E-state index contributed by atoms with van der Waals surface area (Å²) in [5.41, 5.74) is 0.764. The minimum Gasteiger partial charge on any atom is -0.372 e. The van der Waals surface area contributed by atoms with Crippen LogP contribution in [-0.4, -0.2) is 58.3 Å². The minimum absolute atomic E-state index is 0.0617. The van der Waals surface area contributed by atoms with Crippen LogP contribution in [0.4, 0.5) is 5.69 Å². The Kier molecular flexibility index (Phi) is 4.39. The van der Waals surface area contributed by atoms with Crippen LogP contribution in [0.2, 0.25) is 0 Å². The second kappa shape index (κ2) is 6.31. The van der Waals surface area contributed by atoms with Gasteiger partial charge in [-0.15, -0.1) is 0 Å². The van der Waals surface area contributed by atoms with E-state index in [4.69, 9.17) is 4.74 Å². The van der Waals surface area contributed by atoms with Gasteiger partial charge in [0.25, 0.3) is 0 Å². The molecule has 1 aromatic rings. The predicted octanol–water partition coefficient (Wildman–Crippen LogP) is 0.799. The number of aryl methyl sites for hydroxylation is 1. The first-order chi connectivity index (χ1) is 10.9. The molecule has 0 radical (unpaired) electrons. The van der Waals surface area contributed by atoms with Gasteiger partial charge in [-0.25, -0.2) is 0 Å². The van der Waals surface area contributed by atoms with Crippen LogP contribution in [-0.2, 0) is 21.4 Å². The molecule has 2 amide bonds. The number of ether oxygens (including phenoxy) is 1. The van der Waals surface area contributed by atoms with E-state index in [9.17, 15) is 9.59 Å². The van der Waals surface area contributed by atoms with E-state index in [2.05, 4.69) is 5.10 Å². The molecule has 2 aliphatic rings. The van der Waals surface area contributed by atoms with Gasteiger partial charge in [0.2, 0.25) is 11.8 Å². The van der Waals surface area contributed by atoms with Crippen LogP contribution < -0.4 is 4.90 Å². The van der Waals surface area contributed by atoms with Crippen LogP contribution in [0.1, 0.15) is 26.7 Å². The number of hydrogen-bond donors (Lipinski definition) is 0. The molecule has 0 spiro atoms. The van der Waals surface area contributed by atoms with Gasteiger partial charge in [0.1, 0.15) is 0 Å². The van der Waals surface area contributed by atoms with Gasteiger partial charge in [-0.2, -0.15) is 5.10 Å². The fourth-order valence-corrected chi connectivity index (χ4v) is 3.19. The number of nitrogens with zero attached hydrogens (tertiary/aromatic N) is 4. The second-order valence-corrected chi connectivity index (χ2v) is 6.66. The van der Waals surface area contributed by atoms with Crippen LogP contribution in [0.5, 0.6) is 0 Å². The van der Waals surface area contributed by atoms with Gasteiger partial charge in [0.05, 0.1) is 30.0 Å². The van der Waals surface area contributed by atoms with Gasteiger partial charge >= 0.3 is 0 Å². The lowest BCUT2D eigenvalue weighted by Gasteiger charge is -2.43. The molecule has 0 bridgehead atoms. The third kappa shape index (κ3) is 3.39. The van der Waals surface area contributed by atoms with Gasteiger partial charge in [0.15, 0.2) is 0 Å². The third-order valence-corrected chi connectivity index (χ3v) is 4.39. The van der Waals surface area contributed by atoms with Gasteiger partial charge in [-0.1, -0.05) is 0 Å². The Bertz CT molecular complexity index is 592. The first-order valence-corrected chi connectivity index (χ1v) is 8.17. The standard InChI is InChI=1S/C16H24N4O3/c1-11(2)23-14-9-19(10-14)16(22)12-4-5-15(21)20(7-12)13-6-17-18(3)8-13/h6,8,11-12,14H,4-5,7,9-10H2,1-3H3. The van der Waals surface area contributed by atoms with E-state index in [1.165, 1.54) is 0 Å². The van der Waals surface area contributed by atoms with Crippen molar-refractivity contribution in [2.24, 2.45) is 13.0 Å². The summed E-state index contributed by atoms with van der Waals surface area (Å²) in [4.78, 5) is 28.3. The van der Waals surface area contributed by atoms with E-state index in [-0.39, 0.29) is 29.9 Å². The Hall–Kier alpha value is -1.89. The molecule has 0 saturated carbocycles. The van der Waals surface area contributed by atoms with Crippen molar-refractivity contribution in [3.05, 3.63) is 12.4 Å². The molecule has 126 valence electrons. The smallest absolute Gasteiger partial charge is 0.227 e. The molecule has 2 aliphatic heterocycles. The molecule has 1 aromatic heterocycles. The Morgan fingerprint density at radius 2 is 2.09 bits per heavy atom. The van der Waals surface area contributed by atoms with Gasteiger partial charge in [-0.05, 0) is 20.3 Å². The summed E-state index contributed by atoms with van der Waals surface area (Å²) in [6, 6.07) is 0. The second-order valence-electron chi connectivity index (χ2n) is 6.66. The van der Waals surface area contributed by atoms with Crippen LogP contribution in [0.15, 0.2) is 12.4 Å². The number of aromatic nitrogens is 2. The summed E-state index contributed by atoms with van der Waals surface area (Å²) in [5.74, 6) is 0.0644. The van der Waals surface area contributed by atoms with Gasteiger partial charge in [-0.3, -0.25) is 14.3 Å². The Balaban J connectivity index is 1.59. The van der Waals surface area contributed by atoms with Crippen molar-refractivity contribution in [2.45, 2.75) is 38.9 Å². The van der Waals surface area contributed by atoms with E-state index in [1.807, 2.05) is 25.8 Å². The number of likely N-dealkylation sites (tertiary alicyclic amines) is 1. The number of rotatable bonds is 4. The molecule has 0 aliphatic carbocycles. The number of carbonyl (C=O) groups excluding carboxylic acids is 2. The van der Waals surface area contributed by atoms with Crippen molar-refractivity contribution in [3.8, 4) is 0 Å². The summed E-state index contributed by atoms with van der Waals surface area (Å²) in [6.45, 7) is 5.77. The topological polar surface area (TPSA) is 67.7 Å². The first-order valence-electron chi connectivity index (χ1n) is 8.17. The molecule has 2 saturated heterocycles. The highest BCUT2D eigenvalue weighted by Gasteiger charge is 2.39. The van der Waals surface area contributed by atoms with Gasteiger partial charge < -0.3 is 14.5 Å².